The van der Waals surface area contributed by atoms with E-state index in [1.54, 1.807) is 6.92 Å². The summed E-state index contributed by atoms with van der Waals surface area (Å²) in [7, 11) is 0. The minimum atomic E-state index is -0.532. The van der Waals surface area contributed by atoms with Gasteiger partial charge >= 0.3 is 5.97 Å². The van der Waals surface area contributed by atoms with E-state index in [1.807, 2.05) is 30.3 Å². The standard InChI is InChI=1S/C14H16N2O3/c1-3-19-13(18)9-12(17)10-16-14(15-2)11-7-5-4-6-8-11/h4-8H,2-3,9-10H2,1H3/b16-14-. The van der Waals surface area contributed by atoms with E-state index in [0.29, 0.717) is 5.84 Å². The normalized spacial score (nSPS) is 10.9. The highest BCUT2D eigenvalue weighted by atomic mass is 16.5. The Labute approximate surface area is 112 Å². The second-order valence-electron chi connectivity index (χ2n) is 3.68. The van der Waals surface area contributed by atoms with Crippen LogP contribution in [0, 0.1) is 0 Å². The van der Waals surface area contributed by atoms with E-state index >= 15 is 0 Å². The Morgan fingerprint density at radius 1 is 1.26 bits per heavy atom. The van der Waals surface area contributed by atoms with Gasteiger partial charge in [0, 0.05) is 5.56 Å². The molecule has 0 spiro atoms. The van der Waals surface area contributed by atoms with Gasteiger partial charge in [-0.25, -0.2) is 4.99 Å². The maximum absolute atomic E-state index is 11.5. The monoisotopic (exact) mass is 260 g/mol. The topological polar surface area (TPSA) is 68.1 Å². The highest BCUT2D eigenvalue weighted by Gasteiger charge is 2.10. The van der Waals surface area contributed by atoms with E-state index in [2.05, 4.69) is 21.4 Å². The van der Waals surface area contributed by atoms with Crippen LogP contribution in [-0.4, -0.2) is 37.5 Å². The summed E-state index contributed by atoms with van der Waals surface area (Å²) in [5.41, 5.74) is 0.779. The van der Waals surface area contributed by atoms with Crippen molar-refractivity contribution < 1.29 is 14.3 Å². The molecule has 1 aromatic rings. The number of esters is 1. The van der Waals surface area contributed by atoms with Gasteiger partial charge in [0.25, 0.3) is 0 Å². The smallest absolute Gasteiger partial charge is 0.313 e. The summed E-state index contributed by atoms with van der Waals surface area (Å²) >= 11 is 0. The average molecular weight is 260 g/mol. The van der Waals surface area contributed by atoms with Crippen LogP contribution in [0.15, 0.2) is 40.3 Å². The molecule has 0 saturated carbocycles. The minimum absolute atomic E-state index is 0.109. The number of ketones is 1. The number of carbonyl (C=O) groups is 2. The first-order valence-corrected chi connectivity index (χ1v) is 5.91. The molecular formula is C14H16N2O3. The van der Waals surface area contributed by atoms with E-state index in [9.17, 15) is 9.59 Å². The second kappa shape index (κ2) is 7.92. The predicted octanol–water partition coefficient (Wildman–Crippen LogP) is 1.66. The van der Waals surface area contributed by atoms with Gasteiger partial charge < -0.3 is 4.74 Å². The van der Waals surface area contributed by atoms with Crippen molar-refractivity contribution in [3.8, 4) is 0 Å². The first kappa shape index (κ1) is 14.8. The molecular weight excluding hydrogens is 244 g/mol. The fraction of sp³-hybridized carbons (Fsp3) is 0.286. The molecule has 5 heteroatoms. The molecule has 0 aliphatic rings. The van der Waals surface area contributed by atoms with Gasteiger partial charge in [0.05, 0.1) is 6.61 Å². The van der Waals surface area contributed by atoms with Crippen molar-refractivity contribution in [2.24, 2.45) is 9.98 Å². The van der Waals surface area contributed by atoms with Crippen LogP contribution in [0.25, 0.3) is 0 Å². The van der Waals surface area contributed by atoms with Gasteiger partial charge in [-0.2, -0.15) is 0 Å². The molecule has 100 valence electrons. The number of amidine groups is 1. The fourth-order valence-corrected chi connectivity index (χ4v) is 1.41. The molecule has 0 aliphatic carbocycles. The molecule has 0 radical (unpaired) electrons. The molecule has 0 unspecified atom stereocenters. The third-order valence-corrected chi connectivity index (χ3v) is 2.23. The first-order valence-electron chi connectivity index (χ1n) is 5.91. The zero-order valence-electron chi connectivity index (χ0n) is 10.8. The molecule has 0 atom stereocenters. The summed E-state index contributed by atoms with van der Waals surface area (Å²) in [6.07, 6.45) is -0.267. The van der Waals surface area contributed by atoms with Crippen LogP contribution in [0.1, 0.15) is 18.9 Å². The second-order valence-corrected chi connectivity index (χ2v) is 3.68. The lowest BCUT2D eigenvalue weighted by molar-refractivity contribution is -0.145. The summed E-state index contributed by atoms with van der Waals surface area (Å²) in [6.45, 7) is 5.27. The van der Waals surface area contributed by atoms with E-state index < -0.39 is 5.97 Å². The molecule has 5 nitrogen and oxygen atoms in total. The number of rotatable bonds is 6. The molecule has 1 aromatic carbocycles. The van der Waals surface area contributed by atoms with E-state index in [-0.39, 0.29) is 25.4 Å². The largest absolute Gasteiger partial charge is 0.466 e. The molecule has 0 N–H and O–H groups in total. The van der Waals surface area contributed by atoms with Crippen molar-refractivity contribution in [2.75, 3.05) is 13.2 Å². The Morgan fingerprint density at radius 2 is 1.95 bits per heavy atom. The third-order valence-electron chi connectivity index (χ3n) is 2.23. The van der Waals surface area contributed by atoms with Gasteiger partial charge in [-0.15, -0.1) is 0 Å². The summed E-state index contributed by atoms with van der Waals surface area (Å²) < 4.78 is 4.69. The molecule has 19 heavy (non-hydrogen) atoms. The summed E-state index contributed by atoms with van der Waals surface area (Å²) in [6, 6.07) is 9.20. The molecule has 0 saturated heterocycles. The highest BCUT2D eigenvalue weighted by molar-refractivity contribution is 6.03. The zero-order chi connectivity index (χ0) is 14.1. The summed E-state index contributed by atoms with van der Waals surface area (Å²) in [5.74, 6) is -0.455. The van der Waals surface area contributed by atoms with Gasteiger partial charge in [0.1, 0.15) is 13.0 Å². The number of ether oxygens (including phenoxy) is 1. The van der Waals surface area contributed by atoms with Crippen LogP contribution in [-0.2, 0) is 14.3 Å². The predicted molar refractivity (Wildman–Crippen MR) is 73.7 cm³/mol. The molecule has 0 amide bonds. The van der Waals surface area contributed by atoms with E-state index in [4.69, 9.17) is 0 Å². The van der Waals surface area contributed by atoms with Crippen molar-refractivity contribution >= 4 is 24.3 Å². The molecule has 0 bridgehead atoms. The van der Waals surface area contributed by atoms with Gasteiger partial charge in [-0.1, -0.05) is 30.3 Å². The van der Waals surface area contributed by atoms with Crippen LogP contribution >= 0.6 is 0 Å². The molecule has 0 aromatic heterocycles. The van der Waals surface area contributed by atoms with Crippen molar-refractivity contribution in [1.29, 1.82) is 0 Å². The summed E-state index contributed by atoms with van der Waals surface area (Å²) in [5, 5.41) is 0. The quantitative estimate of drug-likeness (QED) is 0.338. The number of nitrogens with zero attached hydrogens (tertiary/aromatic N) is 2. The van der Waals surface area contributed by atoms with Crippen LogP contribution < -0.4 is 0 Å². The van der Waals surface area contributed by atoms with E-state index in [1.165, 1.54) is 0 Å². The number of carbonyl (C=O) groups excluding carboxylic acids is 2. The van der Waals surface area contributed by atoms with E-state index in [0.717, 1.165) is 5.56 Å². The minimum Gasteiger partial charge on any atom is -0.466 e. The Balaban J connectivity index is 2.61. The van der Waals surface area contributed by atoms with Crippen molar-refractivity contribution in [1.82, 2.24) is 0 Å². The lowest BCUT2D eigenvalue weighted by Gasteiger charge is -2.01. The zero-order valence-corrected chi connectivity index (χ0v) is 10.8. The van der Waals surface area contributed by atoms with Crippen LogP contribution in [0.3, 0.4) is 0 Å². The van der Waals surface area contributed by atoms with Crippen LogP contribution in [0.5, 0.6) is 0 Å². The number of Topliss-reactive ketones (excluding diaryl/α,β-unsaturated/α-hetero) is 1. The number of benzene rings is 1. The van der Waals surface area contributed by atoms with Gasteiger partial charge in [-0.3, -0.25) is 14.6 Å². The number of hydrogen-bond donors (Lipinski definition) is 0. The average Bonchev–Trinajstić information content (AvgIpc) is 2.41. The number of aliphatic imine (C=N–C) groups is 2. The number of hydrogen-bond acceptors (Lipinski definition) is 4. The Kier molecular flexibility index (Phi) is 6.15. The van der Waals surface area contributed by atoms with Crippen molar-refractivity contribution in [3.05, 3.63) is 35.9 Å². The lowest BCUT2D eigenvalue weighted by Crippen LogP contribution is -2.14. The molecule has 0 heterocycles. The third kappa shape index (κ3) is 5.25. The molecule has 1 rings (SSSR count). The maximum atomic E-state index is 11.5. The SMILES string of the molecule is C=N/C(=N\CC(=O)CC(=O)OCC)c1ccccc1. The van der Waals surface area contributed by atoms with Gasteiger partial charge in [0.2, 0.25) is 0 Å². The van der Waals surface area contributed by atoms with Crippen LogP contribution in [0.4, 0.5) is 0 Å². The fourth-order valence-electron chi connectivity index (χ4n) is 1.41. The lowest BCUT2D eigenvalue weighted by atomic mass is 10.2. The highest BCUT2D eigenvalue weighted by Crippen LogP contribution is 2.02. The molecule has 0 fully saturated rings. The van der Waals surface area contributed by atoms with Gasteiger partial charge in [0.15, 0.2) is 11.6 Å². The molecule has 0 aliphatic heterocycles. The van der Waals surface area contributed by atoms with Crippen molar-refractivity contribution in [3.63, 3.8) is 0 Å². The Bertz CT molecular complexity index is 481. The van der Waals surface area contributed by atoms with Gasteiger partial charge in [-0.05, 0) is 13.6 Å². The van der Waals surface area contributed by atoms with Crippen LogP contribution in [0.2, 0.25) is 0 Å². The Morgan fingerprint density at radius 3 is 2.53 bits per heavy atom. The first-order chi connectivity index (χ1) is 9.17. The Hall–Kier alpha value is -2.30. The van der Waals surface area contributed by atoms with Crippen molar-refractivity contribution in [2.45, 2.75) is 13.3 Å². The maximum Gasteiger partial charge on any atom is 0.313 e. The summed E-state index contributed by atoms with van der Waals surface area (Å²) in [4.78, 5) is 30.5.